The lowest BCUT2D eigenvalue weighted by Crippen LogP contribution is -2.25. The van der Waals surface area contributed by atoms with E-state index in [0.29, 0.717) is 0 Å². The van der Waals surface area contributed by atoms with E-state index in [1.54, 1.807) is 0 Å². The van der Waals surface area contributed by atoms with Crippen molar-refractivity contribution < 1.29 is 0 Å². The Kier molecular flexibility index (Phi) is 4.80. The number of benzene rings is 8. The first-order valence-electron chi connectivity index (χ1n) is 16.0. The van der Waals surface area contributed by atoms with Gasteiger partial charge in [-0.25, -0.2) is 0 Å². The molecule has 8 aromatic carbocycles. The average molecular weight is 599 g/mol. The maximum absolute atomic E-state index is 2.52. The van der Waals surface area contributed by atoms with E-state index in [1.807, 2.05) is 11.8 Å². The molecule has 0 radical (unpaired) electrons. The zero-order valence-corrected chi connectivity index (χ0v) is 25.7. The van der Waals surface area contributed by atoms with Crippen molar-refractivity contribution in [2.75, 3.05) is 0 Å². The summed E-state index contributed by atoms with van der Waals surface area (Å²) >= 11 is 1.92. The highest BCUT2D eigenvalue weighted by molar-refractivity contribution is 8.00. The lowest BCUT2D eigenvalue weighted by atomic mass is 9.70. The average Bonchev–Trinajstić information content (AvgIpc) is 3.57. The fourth-order valence-electron chi connectivity index (χ4n) is 8.80. The van der Waals surface area contributed by atoms with Crippen molar-refractivity contribution in [1.82, 2.24) is 0 Å². The number of fused-ring (bicyclic) bond motifs is 13. The summed E-state index contributed by atoms with van der Waals surface area (Å²) in [4.78, 5) is 2.68. The van der Waals surface area contributed by atoms with E-state index in [4.69, 9.17) is 0 Å². The van der Waals surface area contributed by atoms with Gasteiger partial charge in [0.05, 0.1) is 5.41 Å². The molecule has 2 aliphatic carbocycles. The van der Waals surface area contributed by atoms with Gasteiger partial charge in [0.1, 0.15) is 0 Å². The molecule has 0 saturated heterocycles. The first-order chi connectivity index (χ1) is 22.8. The first-order valence-corrected chi connectivity index (χ1v) is 16.8. The van der Waals surface area contributed by atoms with Gasteiger partial charge in [0.2, 0.25) is 0 Å². The van der Waals surface area contributed by atoms with E-state index in [-0.39, 0.29) is 5.41 Å². The number of hydrogen-bond donors (Lipinski definition) is 0. The summed E-state index contributed by atoms with van der Waals surface area (Å²) in [7, 11) is 0. The predicted molar refractivity (Wildman–Crippen MR) is 193 cm³/mol. The van der Waals surface area contributed by atoms with Crippen LogP contribution in [-0.2, 0) is 5.41 Å². The van der Waals surface area contributed by atoms with Crippen LogP contribution in [0, 0.1) is 0 Å². The molecule has 8 aromatic rings. The van der Waals surface area contributed by atoms with E-state index in [1.165, 1.54) is 98.1 Å². The molecule has 0 saturated carbocycles. The quantitative estimate of drug-likeness (QED) is 0.181. The minimum Gasteiger partial charge on any atom is -0.0881 e. The summed E-state index contributed by atoms with van der Waals surface area (Å²) in [6, 6.07) is 59.5. The Labute approximate surface area is 272 Å². The number of hydrogen-bond acceptors (Lipinski definition) is 1. The van der Waals surface area contributed by atoms with E-state index >= 15 is 0 Å². The van der Waals surface area contributed by atoms with Crippen LogP contribution in [0.25, 0.3) is 66.1 Å². The third-order valence-electron chi connectivity index (χ3n) is 10.7. The maximum Gasteiger partial charge on any atom is 0.0725 e. The van der Waals surface area contributed by atoms with Crippen molar-refractivity contribution >= 4 is 33.3 Å². The highest BCUT2D eigenvalue weighted by Gasteiger charge is 2.51. The van der Waals surface area contributed by atoms with Crippen molar-refractivity contribution in [3.8, 4) is 44.5 Å². The SMILES string of the molecule is c1ccc2c(c1)-c1ccccc1C21c2cc(-c3cccc4c3Sc3cccc5cccc-4c35)ccc2-c2cc3ccccc3cc21. The first kappa shape index (κ1) is 24.9. The van der Waals surface area contributed by atoms with Gasteiger partial charge < -0.3 is 0 Å². The van der Waals surface area contributed by atoms with Crippen molar-refractivity contribution in [3.63, 3.8) is 0 Å². The molecule has 0 aromatic heterocycles. The topological polar surface area (TPSA) is 0 Å². The van der Waals surface area contributed by atoms with Gasteiger partial charge in [0.25, 0.3) is 0 Å². The normalized spacial score (nSPS) is 14.2. The van der Waals surface area contributed by atoms with Gasteiger partial charge >= 0.3 is 0 Å². The van der Waals surface area contributed by atoms with Gasteiger partial charge in [0.15, 0.2) is 0 Å². The monoisotopic (exact) mass is 598 g/mol. The predicted octanol–water partition coefficient (Wildman–Crippen LogP) is 12.1. The van der Waals surface area contributed by atoms with Crippen LogP contribution in [0.1, 0.15) is 22.3 Å². The van der Waals surface area contributed by atoms with Crippen LogP contribution >= 0.6 is 11.8 Å². The summed E-state index contributed by atoms with van der Waals surface area (Å²) in [5.41, 5.74) is 15.8. The van der Waals surface area contributed by atoms with Crippen molar-refractivity contribution in [2.24, 2.45) is 0 Å². The summed E-state index contributed by atoms with van der Waals surface area (Å²) in [6.45, 7) is 0. The molecule has 1 aliphatic heterocycles. The Morgan fingerprint density at radius 2 is 0.913 bits per heavy atom. The van der Waals surface area contributed by atoms with Crippen LogP contribution in [0.3, 0.4) is 0 Å². The van der Waals surface area contributed by atoms with Crippen LogP contribution in [0.4, 0.5) is 0 Å². The second-order valence-electron chi connectivity index (χ2n) is 12.8. The molecule has 0 nitrogen and oxygen atoms in total. The van der Waals surface area contributed by atoms with Crippen LogP contribution < -0.4 is 0 Å². The molecular formula is C45H26S. The van der Waals surface area contributed by atoms with Crippen molar-refractivity contribution in [1.29, 1.82) is 0 Å². The van der Waals surface area contributed by atoms with Gasteiger partial charge in [-0.3, -0.25) is 0 Å². The van der Waals surface area contributed by atoms with Gasteiger partial charge in [-0.1, -0.05) is 145 Å². The molecule has 11 rings (SSSR count). The largest absolute Gasteiger partial charge is 0.0881 e. The second-order valence-corrected chi connectivity index (χ2v) is 13.8. The zero-order chi connectivity index (χ0) is 30.0. The standard InChI is InChI=1S/C45H26S/c1-2-11-29-25-41-37(24-28(29)10-1)34-23-22-30(26-40(34)45(41)38-19-5-3-14-32(38)33-15-4-6-20-39(33)45)31-16-9-18-36-35-17-7-12-27-13-8-21-42(43(27)35)46-44(31)36/h1-26H. The third-order valence-corrected chi connectivity index (χ3v) is 11.9. The molecule has 0 fully saturated rings. The van der Waals surface area contributed by atoms with E-state index in [0.717, 1.165) is 0 Å². The van der Waals surface area contributed by atoms with E-state index in [9.17, 15) is 0 Å². The van der Waals surface area contributed by atoms with Crippen LogP contribution in [0.2, 0.25) is 0 Å². The molecule has 1 heteroatoms. The van der Waals surface area contributed by atoms with Crippen molar-refractivity contribution in [2.45, 2.75) is 15.2 Å². The van der Waals surface area contributed by atoms with Gasteiger partial charge in [-0.15, -0.1) is 0 Å². The molecule has 3 aliphatic rings. The molecule has 0 atom stereocenters. The van der Waals surface area contributed by atoms with Crippen LogP contribution in [-0.4, -0.2) is 0 Å². The maximum atomic E-state index is 2.52. The van der Waals surface area contributed by atoms with Crippen molar-refractivity contribution in [3.05, 3.63) is 180 Å². The Bertz CT molecular complexity index is 2570. The summed E-state index contributed by atoms with van der Waals surface area (Å²) in [5.74, 6) is 0. The Hall–Kier alpha value is -5.37. The van der Waals surface area contributed by atoms with Crippen LogP contribution in [0.15, 0.2) is 168 Å². The smallest absolute Gasteiger partial charge is 0.0725 e. The minimum absolute atomic E-state index is 0.377. The summed E-state index contributed by atoms with van der Waals surface area (Å²) < 4.78 is 0. The fraction of sp³-hybridized carbons (Fsp3) is 0.0222. The van der Waals surface area contributed by atoms with E-state index < -0.39 is 0 Å². The molecule has 0 unspecified atom stereocenters. The molecule has 1 heterocycles. The molecular weight excluding hydrogens is 573 g/mol. The zero-order valence-electron chi connectivity index (χ0n) is 24.9. The van der Waals surface area contributed by atoms with E-state index in [2.05, 4.69) is 158 Å². The van der Waals surface area contributed by atoms with Gasteiger partial charge in [-0.05, 0) is 107 Å². The lowest BCUT2D eigenvalue weighted by molar-refractivity contribution is 0.795. The molecule has 46 heavy (non-hydrogen) atoms. The second kappa shape index (κ2) is 8.88. The fourth-order valence-corrected chi connectivity index (χ4v) is 10.1. The Balaban J connectivity index is 1.22. The molecule has 0 amide bonds. The molecule has 0 N–H and O–H groups in total. The van der Waals surface area contributed by atoms with Gasteiger partial charge in [0, 0.05) is 15.2 Å². The summed E-state index contributed by atoms with van der Waals surface area (Å²) in [6.07, 6.45) is 0. The van der Waals surface area contributed by atoms with Gasteiger partial charge in [-0.2, -0.15) is 0 Å². The van der Waals surface area contributed by atoms with Crippen LogP contribution in [0.5, 0.6) is 0 Å². The third kappa shape index (κ3) is 3.02. The lowest BCUT2D eigenvalue weighted by Gasteiger charge is -2.31. The Morgan fingerprint density at radius 1 is 0.348 bits per heavy atom. The Morgan fingerprint density at radius 3 is 1.72 bits per heavy atom. The molecule has 212 valence electrons. The highest BCUT2D eigenvalue weighted by Crippen LogP contribution is 2.64. The molecule has 1 spiro atoms. The highest BCUT2D eigenvalue weighted by atomic mass is 32.2. The molecule has 0 bridgehead atoms. The minimum atomic E-state index is -0.377. The summed E-state index contributed by atoms with van der Waals surface area (Å²) in [5, 5.41) is 5.25. The number of rotatable bonds is 1.